The lowest BCUT2D eigenvalue weighted by atomic mass is 10.2. The highest BCUT2D eigenvalue weighted by Gasteiger charge is 2.18. The Morgan fingerprint density at radius 2 is 2.44 bits per heavy atom. The summed E-state index contributed by atoms with van der Waals surface area (Å²) in [7, 11) is 0. The first kappa shape index (κ1) is 13.0. The van der Waals surface area contributed by atoms with Gasteiger partial charge in [0, 0.05) is 13.1 Å². The predicted octanol–water partition coefficient (Wildman–Crippen LogP) is 1.45. The molecule has 5 heteroatoms. The van der Waals surface area contributed by atoms with Crippen LogP contribution in [0.25, 0.3) is 0 Å². The molecule has 1 amide bonds. The van der Waals surface area contributed by atoms with Gasteiger partial charge in [-0.25, -0.2) is 4.39 Å². The van der Waals surface area contributed by atoms with Crippen molar-refractivity contribution in [3.63, 3.8) is 0 Å². The number of carbonyl (C=O) groups is 1. The van der Waals surface area contributed by atoms with Crippen LogP contribution in [-0.2, 0) is 9.53 Å². The molecule has 1 atom stereocenters. The molecule has 1 aliphatic heterocycles. The van der Waals surface area contributed by atoms with Gasteiger partial charge in [0.1, 0.15) is 5.82 Å². The van der Waals surface area contributed by atoms with Gasteiger partial charge >= 0.3 is 0 Å². The Bertz CT molecular complexity index is 431. The van der Waals surface area contributed by atoms with Gasteiger partial charge in [-0.3, -0.25) is 4.79 Å². The van der Waals surface area contributed by atoms with Crippen molar-refractivity contribution in [3.05, 3.63) is 29.6 Å². The van der Waals surface area contributed by atoms with E-state index in [9.17, 15) is 9.18 Å². The van der Waals surface area contributed by atoms with Crippen LogP contribution < -0.4 is 10.6 Å². The number of ether oxygens (including phenoxy) is 1. The highest BCUT2D eigenvalue weighted by Crippen LogP contribution is 2.16. The predicted molar refractivity (Wildman–Crippen MR) is 67.0 cm³/mol. The van der Waals surface area contributed by atoms with Crippen molar-refractivity contribution in [1.82, 2.24) is 5.32 Å². The van der Waals surface area contributed by atoms with Gasteiger partial charge in [-0.05, 0) is 24.6 Å². The van der Waals surface area contributed by atoms with Crippen LogP contribution in [0.4, 0.5) is 10.1 Å². The molecule has 1 aromatic carbocycles. The standard InChI is InChI=1S/C13H17FN2O2/c1-9-2-3-12(11(14)6-9)16-13(17)7-10-8-15-4-5-18-10/h2-3,6,10,15H,4-5,7-8H2,1H3,(H,16,17). The highest BCUT2D eigenvalue weighted by atomic mass is 19.1. The molecule has 1 aliphatic rings. The van der Waals surface area contributed by atoms with Crippen molar-refractivity contribution in [2.75, 3.05) is 25.0 Å². The molecule has 98 valence electrons. The Labute approximate surface area is 106 Å². The molecule has 0 bridgehead atoms. The lowest BCUT2D eigenvalue weighted by Crippen LogP contribution is -2.40. The van der Waals surface area contributed by atoms with Gasteiger partial charge in [0.25, 0.3) is 0 Å². The third-order valence-electron chi connectivity index (χ3n) is 2.82. The van der Waals surface area contributed by atoms with Crippen molar-refractivity contribution in [2.24, 2.45) is 0 Å². The number of benzene rings is 1. The van der Waals surface area contributed by atoms with Crippen molar-refractivity contribution < 1.29 is 13.9 Å². The Balaban J connectivity index is 1.90. The number of aryl methyl sites for hydroxylation is 1. The minimum Gasteiger partial charge on any atom is -0.375 e. The summed E-state index contributed by atoms with van der Waals surface area (Å²) in [5, 5.41) is 5.71. The number of amides is 1. The summed E-state index contributed by atoms with van der Waals surface area (Å²) < 4.78 is 18.9. The Morgan fingerprint density at radius 3 is 3.11 bits per heavy atom. The first-order valence-electron chi connectivity index (χ1n) is 6.03. The molecule has 0 aromatic heterocycles. The normalized spacial score (nSPS) is 19.6. The topological polar surface area (TPSA) is 50.4 Å². The molecule has 18 heavy (non-hydrogen) atoms. The van der Waals surface area contributed by atoms with Gasteiger partial charge in [0.15, 0.2) is 0 Å². The van der Waals surface area contributed by atoms with E-state index in [-0.39, 0.29) is 24.1 Å². The molecular weight excluding hydrogens is 235 g/mol. The monoisotopic (exact) mass is 252 g/mol. The molecule has 0 saturated carbocycles. The second-order valence-corrected chi connectivity index (χ2v) is 4.43. The molecular formula is C13H17FN2O2. The molecule has 1 fully saturated rings. The fourth-order valence-corrected chi connectivity index (χ4v) is 1.88. The Kier molecular flexibility index (Phi) is 4.28. The summed E-state index contributed by atoms with van der Waals surface area (Å²) in [6.45, 7) is 3.88. The van der Waals surface area contributed by atoms with Gasteiger partial charge in [-0.15, -0.1) is 0 Å². The van der Waals surface area contributed by atoms with Crippen LogP contribution in [0.1, 0.15) is 12.0 Å². The Hall–Kier alpha value is -1.46. The van der Waals surface area contributed by atoms with Crippen LogP contribution in [0.15, 0.2) is 18.2 Å². The van der Waals surface area contributed by atoms with E-state index in [2.05, 4.69) is 10.6 Å². The van der Waals surface area contributed by atoms with Crippen LogP contribution in [0.5, 0.6) is 0 Å². The molecule has 1 heterocycles. The van der Waals surface area contributed by atoms with Gasteiger partial charge in [-0.2, -0.15) is 0 Å². The third kappa shape index (κ3) is 3.51. The zero-order valence-corrected chi connectivity index (χ0v) is 10.3. The summed E-state index contributed by atoms with van der Waals surface area (Å²) in [5.74, 6) is -0.641. The number of morpholine rings is 1. The number of anilines is 1. The van der Waals surface area contributed by atoms with Gasteiger partial charge in [-0.1, -0.05) is 6.07 Å². The van der Waals surface area contributed by atoms with Crippen LogP contribution in [0.2, 0.25) is 0 Å². The third-order valence-corrected chi connectivity index (χ3v) is 2.82. The smallest absolute Gasteiger partial charge is 0.227 e. The van der Waals surface area contributed by atoms with Crippen LogP contribution >= 0.6 is 0 Å². The van der Waals surface area contributed by atoms with E-state index in [1.165, 1.54) is 6.07 Å². The fourth-order valence-electron chi connectivity index (χ4n) is 1.88. The quantitative estimate of drug-likeness (QED) is 0.856. The maximum atomic E-state index is 13.5. The second kappa shape index (κ2) is 5.93. The lowest BCUT2D eigenvalue weighted by molar-refractivity contribution is -0.119. The van der Waals surface area contributed by atoms with Crippen molar-refractivity contribution >= 4 is 11.6 Å². The largest absolute Gasteiger partial charge is 0.375 e. The lowest BCUT2D eigenvalue weighted by Gasteiger charge is -2.23. The number of halogens is 1. The van der Waals surface area contributed by atoms with E-state index < -0.39 is 5.82 Å². The number of carbonyl (C=O) groups excluding carboxylic acids is 1. The SMILES string of the molecule is Cc1ccc(NC(=O)CC2CNCCO2)c(F)c1. The number of hydrogen-bond donors (Lipinski definition) is 2. The van der Waals surface area contributed by atoms with Crippen molar-refractivity contribution in [3.8, 4) is 0 Å². The van der Waals surface area contributed by atoms with Crippen molar-refractivity contribution in [2.45, 2.75) is 19.4 Å². The van der Waals surface area contributed by atoms with E-state index >= 15 is 0 Å². The molecule has 2 rings (SSSR count). The van der Waals surface area contributed by atoms with Crippen LogP contribution in [-0.4, -0.2) is 31.7 Å². The fraction of sp³-hybridized carbons (Fsp3) is 0.462. The molecule has 1 unspecified atom stereocenters. The van der Waals surface area contributed by atoms with E-state index in [1.807, 2.05) is 0 Å². The zero-order chi connectivity index (χ0) is 13.0. The Morgan fingerprint density at radius 1 is 1.61 bits per heavy atom. The zero-order valence-electron chi connectivity index (χ0n) is 10.3. The molecule has 1 saturated heterocycles. The van der Waals surface area contributed by atoms with E-state index in [1.54, 1.807) is 19.1 Å². The van der Waals surface area contributed by atoms with Gasteiger partial charge < -0.3 is 15.4 Å². The number of nitrogens with one attached hydrogen (secondary N) is 2. The average molecular weight is 252 g/mol. The first-order chi connectivity index (χ1) is 8.65. The summed E-state index contributed by atoms with van der Waals surface area (Å²) in [6.07, 6.45) is 0.104. The number of hydrogen-bond acceptors (Lipinski definition) is 3. The molecule has 2 N–H and O–H groups in total. The highest BCUT2D eigenvalue weighted by molar-refractivity contribution is 5.91. The minimum absolute atomic E-state index is 0.132. The minimum atomic E-state index is -0.411. The molecule has 0 radical (unpaired) electrons. The second-order valence-electron chi connectivity index (χ2n) is 4.43. The summed E-state index contributed by atoms with van der Waals surface area (Å²) in [4.78, 5) is 11.7. The molecule has 1 aromatic rings. The molecule has 4 nitrogen and oxygen atoms in total. The van der Waals surface area contributed by atoms with Gasteiger partial charge in [0.05, 0.1) is 24.8 Å². The van der Waals surface area contributed by atoms with Crippen LogP contribution in [0.3, 0.4) is 0 Å². The summed E-state index contributed by atoms with van der Waals surface area (Å²) >= 11 is 0. The molecule has 0 aliphatic carbocycles. The first-order valence-corrected chi connectivity index (χ1v) is 6.03. The maximum Gasteiger partial charge on any atom is 0.227 e. The van der Waals surface area contributed by atoms with E-state index in [4.69, 9.17) is 4.74 Å². The molecule has 0 spiro atoms. The van der Waals surface area contributed by atoms with E-state index in [0.717, 1.165) is 12.1 Å². The average Bonchev–Trinajstić information content (AvgIpc) is 2.34. The summed E-state index contributed by atoms with van der Waals surface area (Å²) in [5.41, 5.74) is 1.04. The summed E-state index contributed by atoms with van der Waals surface area (Å²) in [6, 6.07) is 4.73. The van der Waals surface area contributed by atoms with Gasteiger partial charge in [0.2, 0.25) is 5.91 Å². The van der Waals surface area contributed by atoms with E-state index in [0.29, 0.717) is 13.2 Å². The maximum absolute atomic E-state index is 13.5. The van der Waals surface area contributed by atoms with Crippen LogP contribution in [0, 0.1) is 12.7 Å². The van der Waals surface area contributed by atoms with Crippen molar-refractivity contribution in [1.29, 1.82) is 0 Å². The number of rotatable bonds is 3.